The number of nitro benzene ring substituents is 1. The zero-order valence-corrected chi connectivity index (χ0v) is 22.1. The number of methoxy groups -OCH3 is 2. The van der Waals surface area contributed by atoms with Crippen molar-refractivity contribution < 1.29 is 24.0 Å². The Bertz CT molecular complexity index is 1420. The molecule has 2 heterocycles. The van der Waals surface area contributed by atoms with Gasteiger partial charge >= 0.3 is 0 Å². The summed E-state index contributed by atoms with van der Waals surface area (Å²) < 4.78 is 10.8. The van der Waals surface area contributed by atoms with Gasteiger partial charge in [-0.3, -0.25) is 24.6 Å². The molecule has 37 heavy (non-hydrogen) atoms. The molecule has 0 bridgehead atoms. The normalized spacial score (nSPS) is 14.2. The fraction of sp³-hybridized carbons (Fsp3) is 0.167. The first-order valence-electron chi connectivity index (χ1n) is 10.7. The van der Waals surface area contributed by atoms with Gasteiger partial charge in [-0.15, -0.1) is 11.3 Å². The molecular weight excluding hydrogens is 536 g/mol. The van der Waals surface area contributed by atoms with E-state index in [0.29, 0.717) is 28.0 Å². The molecular formula is C24H20N4O6S3. The number of thioether (sulfide) groups is 1. The van der Waals surface area contributed by atoms with Gasteiger partial charge in [-0.25, -0.2) is 4.98 Å². The van der Waals surface area contributed by atoms with Gasteiger partial charge < -0.3 is 14.8 Å². The number of carbonyl (C=O) groups excluding carboxylic acids is 2. The molecule has 2 amide bonds. The first kappa shape index (κ1) is 26.3. The summed E-state index contributed by atoms with van der Waals surface area (Å²) in [5.74, 6) is 0.282. The van der Waals surface area contributed by atoms with Crippen LogP contribution in [0.5, 0.6) is 11.5 Å². The van der Waals surface area contributed by atoms with Crippen molar-refractivity contribution in [2.45, 2.75) is 6.42 Å². The molecule has 4 rings (SSSR count). The summed E-state index contributed by atoms with van der Waals surface area (Å²) in [4.78, 5) is 42.7. The maximum atomic E-state index is 12.9. The van der Waals surface area contributed by atoms with Crippen LogP contribution in [0.2, 0.25) is 0 Å². The second-order valence-electron chi connectivity index (χ2n) is 7.67. The molecule has 2 aromatic carbocycles. The Morgan fingerprint density at radius 3 is 2.73 bits per heavy atom. The zero-order valence-electron chi connectivity index (χ0n) is 19.6. The van der Waals surface area contributed by atoms with Crippen LogP contribution in [-0.4, -0.2) is 51.7 Å². The van der Waals surface area contributed by atoms with Crippen molar-refractivity contribution in [1.29, 1.82) is 0 Å². The van der Waals surface area contributed by atoms with Gasteiger partial charge in [0.05, 0.1) is 24.0 Å². The van der Waals surface area contributed by atoms with Crippen LogP contribution in [0, 0.1) is 10.1 Å². The minimum atomic E-state index is -0.446. The third-order valence-electron chi connectivity index (χ3n) is 5.18. The zero-order chi connectivity index (χ0) is 26.5. The van der Waals surface area contributed by atoms with Crippen LogP contribution in [0.3, 0.4) is 0 Å². The molecule has 190 valence electrons. The second kappa shape index (κ2) is 11.5. The number of hydrogen-bond donors (Lipinski definition) is 1. The number of carbonyl (C=O) groups is 2. The minimum Gasteiger partial charge on any atom is -0.493 e. The van der Waals surface area contributed by atoms with Crippen LogP contribution in [0.25, 0.3) is 6.08 Å². The SMILES string of the molecule is COc1ccc(C=C2SC(=S)N(CC(=O)Nc3ncc(Cc4cccc([N+](=O)[O-])c4)s3)C2=O)cc1OC. The van der Waals surface area contributed by atoms with E-state index in [1.54, 1.807) is 42.6 Å². The van der Waals surface area contributed by atoms with Crippen molar-refractivity contribution >= 4 is 68.3 Å². The Kier molecular flexibility index (Phi) is 8.16. The summed E-state index contributed by atoms with van der Waals surface area (Å²) in [6.45, 7) is -0.256. The molecule has 0 spiro atoms. The van der Waals surface area contributed by atoms with E-state index in [-0.39, 0.29) is 22.5 Å². The van der Waals surface area contributed by atoms with E-state index < -0.39 is 10.8 Å². The fourth-order valence-corrected chi connectivity index (χ4v) is 5.58. The van der Waals surface area contributed by atoms with E-state index in [4.69, 9.17) is 21.7 Å². The Morgan fingerprint density at radius 2 is 2.00 bits per heavy atom. The highest BCUT2D eigenvalue weighted by molar-refractivity contribution is 8.26. The summed E-state index contributed by atoms with van der Waals surface area (Å²) >= 11 is 7.69. The number of non-ortho nitro benzene ring substituents is 1. The van der Waals surface area contributed by atoms with E-state index in [0.717, 1.165) is 27.8 Å². The van der Waals surface area contributed by atoms with Crippen LogP contribution in [-0.2, 0) is 16.0 Å². The summed E-state index contributed by atoms with van der Waals surface area (Å²) in [5, 5.41) is 14.0. The average molecular weight is 557 g/mol. The van der Waals surface area contributed by atoms with E-state index >= 15 is 0 Å². The molecule has 10 nitrogen and oxygen atoms in total. The van der Waals surface area contributed by atoms with Crippen LogP contribution < -0.4 is 14.8 Å². The Hall–Kier alpha value is -3.81. The van der Waals surface area contributed by atoms with Crippen LogP contribution in [0.4, 0.5) is 10.8 Å². The molecule has 1 saturated heterocycles. The molecule has 1 N–H and O–H groups in total. The van der Waals surface area contributed by atoms with E-state index in [9.17, 15) is 19.7 Å². The van der Waals surface area contributed by atoms with Gasteiger partial charge in [0, 0.05) is 29.6 Å². The summed E-state index contributed by atoms with van der Waals surface area (Å²) in [6.07, 6.45) is 3.72. The fourth-order valence-electron chi connectivity index (χ4n) is 3.46. The van der Waals surface area contributed by atoms with Crippen molar-refractivity contribution in [3.63, 3.8) is 0 Å². The Labute approximate surface area is 225 Å². The number of nitrogens with one attached hydrogen (secondary N) is 1. The van der Waals surface area contributed by atoms with Crippen LogP contribution in [0.15, 0.2) is 53.6 Å². The maximum Gasteiger partial charge on any atom is 0.269 e. The third kappa shape index (κ3) is 6.31. The lowest BCUT2D eigenvalue weighted by atomic mass is 10.1. The molecule has 0 radical (unpaired) electrons. The largest absolute Gasteiger partial charge is 0.493 e. The number of thiocarbonyl (C=S) groups is 1. The summed E-state index contributed by atoms with van der Waals surface area (Å²) in [5.41, 5.74) is 1.50. The molecule has 1 aliphatic heterocycles. The van der Waals surface area contributed by atoms with Crippen molar-refractivity contribution in [3.05, 3.63) is 79.7 Å². The predicted molar refractivity (Wildman–Crippen MR) is 146 cm³/mol. The molecule has 1 aliphatic rings. The third-order valence-corrected chi connectivity index (χ3v) is 7.47. The van der Waals surface area contributed by atoms with Crippen molar-refractivity contribution in [3.8, 4) is 11.5 Å². The number of aromatic nitrogens is 1. The summed E-state index contributed by atoms with van der Waals surface area (Å²) in [6, 6.07) is 11.6. The van der Waals surface area contributed by atoms with Gasteiger partial charge in [0.25, 0.3) is 11.6 Å². The molecule has 0 unspecified atom stereocenters. The van der Waals surface area contributed by atoms with Gasteiger partial charge in [0.2, 0.25) is 5.91 Å². The molecule has 1 aromatic heterocycles. The monoisotopic (exact) mass is 556 g/mol. The van der Waals surface area contributed by atoms with Crippen LogP contribution >= 0.6 is 35.3 Å². The lowest BCUT2D eigenvalue weighted by Crippen LogP contribution is -2.36. The van der Waals surface area contributed by atoms with Gasteiger partial charge in [-0.1, -0.05) is 42.2 Å². The number of ether oxygens (including phenoxy) is 2. The molecule has 13 heteroatoms. The van der Waals surface area contributed by atoms with Gasteiger partial charge in [-0.2, -0.15) is 0 Å². The highest BCUT2D eigenvalue weighted by Crippen LogP contribution is 2.34. The molecule has 3 aromatic rings. The lowest BCUT2D eigenvalue weighted by Gasteiger charge is -2.13. The first-order valence-corrected chi connectivity index (χ1v) is 12.8. The smallest absolute Gasteiger partial charge is 0.269 e. The highest BCUT2D eigenvalue weighted by atomic mass is 32.2. The quantitative estimate of drug-likeness (QED) is 0.176. The second-order valence-corrected chi connectivity index (χ2v) is 10.5. The minimum absolute atomic E-state index is 0.0132. The number of rotatable bonds is 9. The van der Waals surface area contributed by atoms with Crippen molar-refractivity contribution in [1.82, 2.24) is 9.88 Å². The average Bonchev–Trinajstić information content (AvgIpc) is 3.42. The first-order chi connectivity index (χ1) is 17.8. The number of amides is 2. The Morgan fingerprint density at radius 1 is 1.22 bits per heavy atom. The van der Waals surface area contributed by atoms with Crippen LogP contribution in [0.1, 0.15) is 16.0 Å². The maximum absolute atomic E-state index is 12.9. The van der Waals surface area contributed by atoms with E-state index in [1.807, 2.05) is 0 Å². The number of hydrogen-bond acceptors (Lipinski definition) is 10. The molecule has 0 saturated carbocycles. The number of anilines is 1. The predicted octanol–water partition coefficient (Wildman–Crippen LogP) is 4.50. The highest BCUT2D eigenvalue weighted by Gasteiger charge is 2.33. The van der Waals surface area contributed by atoms with Gasteiger partial charge in [0.1, 0.15) is 10.9 Å². The van der Waals surface area contributed by atoms with E-state index in [1.165, 1.54) is 42.6 Å². The number of nitro groups is 1. The lowest BCUT2D eigenvalue weighted by molar-refractivity contribution is -0.384. The van der Waals surface area contributed by atoms with Gasteiger partial charge in [0.15, 0.2) is 16.6 Å². The molecule has 0 atom stereocenters. The van der Waals surface area contributed by atoms with E-state index in [2.05, 4.69) is 10.3 Å². The number of nitrogens with zero attached hydrogens (tertiary/aromatic N) is 3. The summed E-state index contributed by atoms with van der Waals surface area (Å²) in [7, 11) is 3.07. The number of thiazole rings is 1. The van der Waals surface area contributed by atoms with Crippen molar-refractivity contribution in [2.24, 2.45) is 0 Å². The number of benzene rings is 2. The molecule has 1 fully saturated rings. The standard InChI is InChI=1S/C24H20N4O6S3/c1-33-18-7-6-15(10-19(18)34-2)11-20-22(30)27(24(35)37-20)13-21(29)26-23-25-12-17(36-23)9-14-4-3-5-16(8-14)28(31)32/h3-8,10-12H,9,13H2,1-2H3,(H,25,26,29). The Balaban J connectivity index is 1.38. The topological polar surface area (TPSA) is 124 Å². The van der Waals surface area contributed by atoms with Gasteiger partial charge in [-0.05, 0) is 29.3 Å². The molecule has 0 aliphatic carbocycles. The van der Waals surface area contributed by atoms with Crippen molar-refractivity contribution in [2.75, 3.05) is 26.1 Å².